The fraction of sp³-hybridized carbons (Fsp3) is 1.00. The third-order valence-electron chi connectivity index (χ3n) is 2.28. The number of hydrogen-bond donors (Lipinski definition) is 0. The molecular weight excluding hydrogens is 110 g/mol. The minimum Gasteiger partial charge on any atom is -0.385 e. The van der Waals surface area contributed by atoms with Crippen molar-refractivity contribution in [1.29, 1.82) is 0 Å². The summed E-state index contributed by atoms with van der Waals surface area (Å²) in [6.45, 7) is 2.17. The van der Waals surface area contributed by atoms with E-state index >= 15 is 0 Å². The topological polar surface area (TPSA) is 9.23 Å². The van der Waals surface area contributed by atoms with Gasteiger partial charge in [-0.25, -0.2) is 0 Å². The van der Waals surface area contributed by atoms with E-state index in [-0.39, 0.29) is 0 Å². The third kappa shape index (κ3) is 1.75. The van der Waals surface area contributed by atoms with Crippen molar-refractivity contribution < 1.29 is 4.74 Å². The Labute approximate surface area is 59.0 Å². The molecule has 0 radical (unpaired) electrons. The first-order valence-electron chi connectivity index (χ1n) is 3.85. The fourth-order valence-corrected chi connectivity index (χ4v) is 1.30. The van der Waals surface area contributed by atoms with Crippen LogP contribution in [0.25, 0.3) is 0 Å². The second kappa shape index (κ2) is 2.78. The highest BCUT2D eigenvalue weighted by molar-refractivity contribution is 6.13. The average Bonchev–Trinajstić information content (AvgIpc) is 1.80. The molecule has 50 valence electrons. The van der Waals surface area contributed by atoms with Crippen molar-refractivity contribution in [3.8, 4) is 0 Å². The van der Waals surface area contributed by atoms with Gasteiger partial charge in [0.15, 0.2) is 0 Å². The molecule has 0 aromatic heterocycles. The zero-order chi connectivity index (χ0) is 6.85. The van der Waals surface area contributed by atoms with Crippen molar-refractivity contribution in [3.05, 3.63) is 0 Å². The SMILES string of the molecule is BC1CCC(B)C(C)O1. The van der Waals surface area contributed by atoms with Crippen LogP contribution >= 0.6 is 0 Å². The monoisotopic (exact) mass is 124 g/mol. The Bertz CT molecular complexity index is 97.1. The van der Waals surface area contributed by atoms with Crippen LogP contribution in [0.1, 0.15) is 19.8 Å². The van der Waals surface area contributed by atoms with Crippen molar-refractivity contribution in [1.82, 2.24) is 0 Å². The molecule has 3 heteroatoms. The van der Waals surface area contributed by atoms with Crippen molar-refractivity contribution in [2.45, 2.75) is 37.7 Å². The molecule has 1 nitrogen and oxygen atoms in total. The molecule has 1 fully saturated rings. The second-order valence-electron chi connectivity index (χ2n) is 3.21. The molecule has 0 spiro atoms. The van der Waals surface area contributed by atoms with E-state index in [0.29, 0.717) is 12.1 Å². The minimum atomic E-state index is 0.480. The van der Waals surface area contributed by atoms with E-state index in [9.17, 15) is 0 Å². The zero-order valence-corrected chi connectivity index (χ0v) is 6.55. The minimum absolute atomic E-state index is 0.480. The maximum absolute atomic E-state index is 5.60. The smallest absolute Gasteiger partial charge is 0.139 e. The van der Waals surface area contributed by atoms with Gasteiger partial charge in [-0.3, -0.25) is 0 Å². The van der Waals surface area contributed by atoms with Gasteiger partial charge in [-0.15, -0.1) is 0 Å². The molecule has 0 saturated carbocycles. The van der Waals surface area contributed by atoms with Crippen molar-refractivity contribution >= 4 is 15.7 Å². The molecule has 1 aliphatic heterocycles. The normalized spacial score (nSPS) is 44.8. The summed E-state index contributed by atoms with van der Waals surface area (Å²) in [4.78, 5) is 0. The lowest BCUT2D eigenvalue weighted by Gasteiger charge is -2.30. The number of hydrogen-bond acceptors (Lipinski definition) is 1. The molecule has 0 aliphatic carbocycles. The van der Waals surface area contributed by atoms with Gasteiger partial charge in [0.2, 0.25) is 0 Å². The van der Waals surface area contributed by atoms with Crippen LogP contribution in [0.3, 0.4) is 0 Å². The Hall–Kier alpha value is 0.0899. The highest BCUT2D eigenvalue weighted by Gasteiger charge is 2.21. The molecular formula is C6H14B2O. The highest BCUT2D eigenvalue weighted by Crippen LogP contribution is 2.24. The van der Waals surface area contributed by atoms with E-state index < -0.39 is 0 Å². The van der Waals surface area contributed by atoms with Crippen LogP contribution in [0.15, 0.2) is 0 Å². The summed E-state index contributed by atoms with van der Waals surface area (Å²) in [5, 5.41) is 0. The van der Waals surface area contributed by atoms with Gasteiger partial charge in [-0.05, 0) is 19.2 Å². The summed E-state index contributed by atoms with van der Waals surface area (Å²) in [6.07, 6.45) is 3.06. The first-order valence-corrected chi connectivity index (χ1v) is 3.85. The molecule has 1 heterocycles. The largest absolute Gasteiger partial charge is 0.385 e. The summed E-state index contributed by atoms with van der Waals surface area (Å²) in [5.41, 5.74) is 0. The average molecular weight is 124 g/mol. The van der Waals surface area contributed by atoms with Gasteiger partial charge in [0.05, 0.1) is 0 Å². The predicted octanol–water partition coefficient (Wildman–Crippen LogP) is -0.434. The van der Waals surface area contributed by atoms with Gasteiger partial charge in [0.1, 0.15) is 15.7 Å². The van der Waals surface area contributed by atoms with E-state index in [4.69, 9.17) is 4.74 Å². The summed E-state index contributed by atoms with van der Waals surface area (Å²) in [6, 6.07) is 0.496. The summed E-state index contributed by atoms with van der Waals surface area (Å²) in [5.74, 6) is 0.765. The van der Waals surface area contributed by atoms with E-state index in [0.717, 1.165) is 5.82 Å². The van der Waals surface area contributed by atoms with Crippen LogP contribution < -0.4 is 0 Å². The lowest BCUT2D eigenvalue weighted by Crippen LogP contribution is -2.30. The van der Waals surface area contributed by atoms with Crippen molar-refractivity contribution in [3.63, 3.8) is 0 Å². The number of rotatable bonds is 0. The van der Waals surface area contributed by atoms with E-state index in [2.05, 4.69) is 22.6 Å². The maximum Gasteiger partial charge on any atom is 0.139 e. The van der Waals surface area contributed by atoms with Gasteiger partial charge in [-0.2, -0.15) is 0 Å². The van der Waals surface area contributed by atoms with Gasteiger partial charge < -0.3 is 4.74 Å². The van der Waals surface area contributed by atoms with E-state index in [1.807, 2.05) is 0 Å². The lowest BCUT2D eigenvalue weighted by atomic mass is 9.74. The molecule has 3 atom stereocenters. The zero-order valence-electron chi connectivity index (χ0n) is 6.55. The first kappa shape index (κ1) is 7.20. The van der Waals surface area contributed by atoms with Crippen molar-refractivity contribution in [2.75, 3.05) is 0 Å². The molecule has 1 saturated heterocycles. The second-order valence-corrected chi connectivity index (χ2v) is 3.21. The molecule has 0 bridgehead atoms. The maximum atomic E-state index is 5.60. The van der Waals surface area contributed by atoms with Gasteiger partial charge >= 0.3 is 0 Å². The van der Waals surface area contributed by atoms with Crippen LogP contribution in [0, 0.1) is 0 Å². The molecule has 9 heavy (non-hydrogen) atoms. The Morgan fingerprint density at radius 2 is 2.00 bits per heavy atom. The summed E-state index contributed by atoms with van der Waals surface area (Å²) < 4.78 is 5.60. The van der Waals surface area contributed by atoms with Crippen LogP contribution in [-0.4, -0.2) is 27.8 Å². The van der Waals surface area contributed by atoms with Crippen LogP contribution in [-0.2, 0) is 4.74 Å². The van der Waals surface area contributed by atoms with Crippen LogP contribution in [0.2, 0.25) is 5.82 Å². The Morgan fingerprint density at radius 3 is 2.44 bits per heavy atom. The Balaban J connectivity index is 2.35. The Morgan fingerprint density at radius 1 is 1.33 bits per heavy atom. The number of ether oxygens (including phenoxy) is 1. The fourth-order valence-electron chi connectivity index (χ4n) is 1.30. The van der Waals surface area contributed by atoms with Crippen molar-refractivity contribution in [2.24, 2.45) is 0 Å². The van der Waals surface area contributed by atoms with Gasteiger partial charge in [-0.1, -0.05) is 6.42 Å². The lowest BCUT2D eigenvalue weighted by molar-refractivity contribution is 0.00436. The van der Waals surface area contributed by atoms with E-state index in [1.165, 1.54) is 12.8 Å². The molecule has 0 amide bonds. The summed E-state index contributed by atoms with van der Waals surface area (Å²) >= 11 is 0. The van der Waals surface area contributed by atoms with Gasteiger partial charge in [0, 0.05) is 12.1 Å². The molecule has 0 aromatic carbocycles. The van der Waals surface area contributed by atoms with Gasteiger partial charge in [0.25, 0.3) is 0 Å². The molecule has 0 aromatic rings. The molecule has 3 unspecified atom stereocenters. The van der Waals surface area contributed by atoms with Crippen LogP contribution in [0.5, 0.6) is 0 Å². The third-order valence-corrected chi connectivity index (χ3v) is 2.28. The summed E-state index contributed by atoms with van der Waals surface area (Å²) in [7, 11) is 4.42. The standard InChI is InChI=1S/C6H14B2O/c1-4-5(7)2-3-6(8)9-4/h4-6H,2-3,7-8H2,1H3. The predicted molar refractivity (Wildman–Crippen MR) is 44.4 cm³/mol. The molecule has 1 aliphatic rings. The Kier molecular flexibility index (Phi) is 2.23. The van der Waals surface area contributed by atoms with Crippen LogP contribution in [0.4, 0.5) is 0 Å². The highest BCUT2D eigenvalue weighted by atomic mass is 16.5. The quantitative estimate of drug-likeness (QED) is 0.398. The van der Waals surface area contributed by atoms with E-state index in [1.54, 1.807) is 0 Å². The molecule has 1 rings (SSSR count). The molecule has 0 N–H and O–H groups in total. The first-order chi connectivity index (χ1) is 4.20.